The third-order valence-electron chi connectivity index (χ3n) is 3.47. The number of furan rings is 1. The molecule has 2 heterocycles. The number of carbonyl (C=O) groups excluding carboxylic acids is 1. The molecule has 0 aliphatic heterocycles. The summed E-state index contributed by atoms with van der Waals surface area (Å²) in [5.41, 5.74) is 0. The molecule has 0 aliphatic rings. The second kappa shape index (κ2) is 7.92. The van der Waals surface area contributed by atoms with Crippen LogP contribution in [0.5, 0.6) is 5.75 Å². The van der Waals surface area contributed by atoms with Crippen molar-refractivity contribution in [3.8, 4) is 17.4 Å². The van der Waals surface area contributed by atoms with Crippen LogP contribution in [0.4, 0.5) is 6.01 Å². The Hall–Kier alpha value is -2.66. The van der Waals surface area contributed by atoms with Gasteiger partial charge in [0.1, 0.15) is 5.75 Å². The van der Waals surface area contributed by atoms with Crippen molar-refractivity contribution in [3.05, 3.63) is 41.1 Å². The summed E-state index contributed by atoms with van der Waals surface area (Å²) in [6, 6.07) is 9.06. The van der Waals surface area contributed by atoms with E-state index in [0.29, 0.717) is 16.2 Å². The van der Waals surface area contributed by atoms with Gasteiger partial charge >= 0.3 is 6.01 Å². The van der Waals surface area contributed by atoms with E-state index in [1.54, 1.807) is 24.3 Å². The van der Waals surface area contributed by atoms with Gasteiger partial charge in [-0.2, -0.15) is 0 Å². The summed E-state index contributed by atoms with van der Waals surface area (Å²) in [6.45, 7) is 0. The van der Waals surface area contributed by atoms with Crippen molar-refractivity contribution in [2.24, 2.45) is 0 Å². The standard InChI is InChI=1S/C16H14BrN3O6S/c1-24-10-2-4-11(5-3-10)27(22,23)9-8-14(21)18-16-20-19-15(26-16)12-6-7-13(17)25-12/h2-7H,8-9H2,1H3,(H,18,20,21). The lowest BCUT2D eigenvalue weighted by atomic mass is 10.3. The molecular weight excluding hydrogens is 442 g/mol. The van der Waals surface area contributed by atoms with E-state index in [2.05, 4.69) is 31.4 Å². The predicted molar refractivity (Wildman–Crippen MR) is 98.0 cm³/mol. The maximum Gasteiger partial charge on any atom is 0.322 e. The summed E-state index contributed by atoms with van der Waals surface area (Å²) < 4.78 is 40.6. The van der Waals surface area contributed by atoms with E-state index < -0.39 is 15.7 Å². The number of nitrogens with zero attached hydrogens (tertiary/aromatic N) is 2. The maximum absolute atomic E-state index is 12.3. The van der Waals surface area contributed by atoms with Crippen LogP contribution in [0.3, 0.4) is 0 Å². The second-order valence-electron chi connectivity index (χ2n) is 5.31. The van der Waals surface area contributed by atoms with Gasteiger partial charge in [0.05, 0.1) is 17.8 Å². The first-order valence-corrected chi connectivity index (χ1v) is 10.1. The molecule has 0 aliphatic carbocycles. The number of ether oxygens (including phenoxy) is 1. The van der Waals surface area contributed by atoms with Crippen molar-refractivity contribution >= 4 is 37.7 Å². The largest absolute Gasteiger partial charge is 0.497 e. The quantitative estimate of drug-likeness (QED) is 0.576. The van der Waals surface area contributed by atoms with E-state index in [4.69, 9.17) is 13.6 Å². The number of carbonyl (C=O) groups is 1. The Labute approximate surface area is 162 Å². The molecule has 0 atom stereocenters. The Morgan fingerprint density at radius 1 is 1.15 bits per heavy atom. The Bertz CT molecular complexity index is 1040. The molecule has 3 aromatic rings. The first-order valence-electron chi connectivity index (χ1n) is 7.63. The summed E-state index contributed by atoms with van der Waals surface area (Å²) in [7, 11) is -2.12. The zero-order valence-corrected chi connectivity index (χ0v) is 16.4. The van der Waals surface area contributed by atoms with Crippen LogP contribution < -0.4 is 10.1 Å². The average molecular weight is 456 g/mol. The predicted octanol–water partition coefficient (Wildman–Crippen LogP) is 2.90. The molecule has 0 bridgehead atoms. The molecule has 0 spiro atoms. The van der Waals surface area contributed by atoms with Gasteiger partial charge in [-0.3, -0.25) is 10.1 Å². The van der Waals surface area contributed by atoms with Crippen LogP contribution in [-0.4, -0.2) is 37.4 Å². The normalized spacial score (nSPS) is 11.3. The molecule has 142 valence electrons. The first-order chi connectivity index (χ1) is 12.9. The molecule has 9 nitrogen and oxygen atoms in total. The second-order valence-corrected chi connectivity index (χ2v) is 8.20. The van der Waals surface area contributed by atoms with Gasteiger partial charge in [0, 0.05) is 6.42 Å². The molecule has 3 rings (SSSR count). The summed E-state index contributed by atoms with van der Waals surface area (Å²) in [5, 5.41) is 9.79. The average Bonchev–Trinajstić information content (AvgIpc) is 3.29. The van der Waals surface area contributed by atoms with Crippen molar-refractivity contribution in [3.63, 3.8) is 0 Å². The zero-order chi connectivity index (χ0) is 19.4. The van der Waals surface area contributed by atoms with E-state index in [0.717, 1.165) is 0 Å². The fourth-order valence-electron chi connectivity index (χ4n) is 2.11. The van der Waals surface area contributed by atoms with Crippen molar-refractivity contribution in [1.82, 2.24) is 10.2 Å². The number of halogens is 1. The van der Waals surface area contributed by atoms with Gasteiger partial charge in [-0.25, -0.2) is 8.42 Å². The number of nitrogens with one attached hydrogen (secondary N) is 1. The Balaban J connectivity index is 1.58. The molecule has 11 heteroatoms. The number of benzene rings is 1. The molecular formula is C16H14BrN3O6S. The highest BCUT2D eigenvalue weighted by Gasteiger charge is 2.18. The monoisotopic (exact) mass is 455 g/mol. The van der Waals surface area contributed by atoms with E-state index >= 15 is 0 Å². The summed E-state index contributed by atoms with van der Waals surface area (Å²) in [6.07, 6.45) is -0.265. The molecule has 0 saturated heterocycles. The molecule has 1 aromatic carbocycles. The molecule has 2 aromatic heterocycles. The van der Waals surface area contributed by atoms with E-state index in [1.165, 1.54) is 19.2 Å². The van der Waals surface area contributed by atoms with Crippen LogP contribution in [-0.2, 0) is 14.6 Å². The SMILES string of the molecule is COc1ccc(S(=O)(=O)CCC(=O)Nc2nnc(-c3ccc(Br)o3)o2)cc1. The Morgan fingerprint density at radius 2 is 1.89 bits per heavy atom. The number of hydrogen-bond acceptors (Lipinski definition) is 8. The van der Waals surface area contributed by atoms with Gasteiger partial charge in [0.25, 0.3) is 5.89 Å². The molecule has 1 amide bonds. The number of rotatable bonds is 7. The van der Waals surface area contributed by atoms with Crippen molar-refractivity contribution < 1.29 is 26.8 Å². The van der Waals surface area contributed by atoms with Gasteiger partial charge in [-0.05, 0) is 52.3 Å². The summed E-state index contributed by atoms with van der Waals surface area (Å²) >= 11 is 3.15. The van der Waals surface area contributed by atoms with Gasteiger partial charge in [0.15, 0.2) is 20.3 Å². The van der Waals surface area contributed by atoms with Crippen LogP contribution in [0.1, 0.15) is 6.42 Å². The topological polar surface area (TPSA) is 125 Å². The third kappa shape index (κ3) is 4.74. The van der Waals surface area contributed by atoms with Crippen LogP contribution in [0.15, 0.2) is 54.8 Å². The van der Waals surface area contributed by atoms with Crippen LogP contribution >= 0.6 is 15.9 Å². The van der Waals surface area contributed by atoms with Crippen molar-refractivity contribution in [1.29, 1.82) is 0 Å². The lowest BCUT2D eigenvalue weighted by molar-refractivity contribution is -0.115. The molecule has 0 fully saturated rings. The van der Waals surface area contributed by atoms with Crippen LogP contribution in [0.25, 0.3) is 11.7 Å². The smallest absolute Gasteiger partial charge is 0.322 e. The number of sulfone groups is 1. The number of anilines is 1. The van der Waals surface area contributed by atoms with E-state index in [-0.39, 0.29) is 29.0 Å². The maximum atomic E-state index is 12.3. The fourth-order valence-corrected chi connectivity index (χ4v) is 3.66. The van der Waals surface area contributed by atoms with E-state index in [1.807, 2.05) is 0 Å². The minimum absolute atomic E-state index is 0.0851. The first kappa shape index (κ1) is 19.1. The molecule has 1 N–H and O–H groups in total. The fraction of sp³-hybridized carbons (Fsp3) is 0.188. The van der Waals surface area contributed by atoms with Crippen LogP contribution in [0.2, 0.25) is 0 Å². The number of methoxy groups -OCH3 is 1. The molecule has 0 unspecified atom stereocenters. The molecule has 27 heavy (non-hydrogen) atoms. The summed E-state index contributed by atoms with van der Waals surface area (Å²) in [5.74, 6) is 0.0290. The minimum atomic E-state index is -3.61. The highest BCUT2D eigenvalue weighted by Crippen LogP contribution is 2.25. The Morgan fingerprint density at radius 3 is 2.52 bits per heavy atom. The van der Waals surface area contributed by atoms with Crippen molar-refractivity contribution in [2.45, 2.75) is 11.3 Å². The highest BCUT2D eigenvalue weighted by atomic mass is 79.9. The van der Waals surface area contributed by atoms with Crippen molar-refractivity contribution in [2.75, 3.05) is 18.2 Å². The van der Waals surface area contributed by atoms with Gasteiger partial charge in [-0.15, -0.1) is 5.10 Å². The van der Waals surface area contributed by atoms with Gasteiger partial charge in [-0.1, -0.05) is 5.10 Å². The van der Waals surface area contributed by atoms with Crippen LogP contribution in [0, 0.1) is 0 Å². The van der Waals surface area contributed by atoms with Gasteiger partial charge in [0.2, 0.25) is 5.91 Å². The zero-order valence-electron chi connectivity index (χ0n) is 14.0. The molecule has 0 saturated carbocycles. The third-order valence-corrected chi connectivity index (χ3v) is 5.63. The minimum Gasteiger partial charge on any atom is -0.497 e. The molecule has 0 radical (unpaired) electrons. The number of aromatic nitrogens is 2. The number of amides is 1. The number of hydrogen-bond donors (Lipinski definition) is 1. The van der Waals surface area contributed by atoms with Gasteiger partial charge < -0.3 is 13.6 Å². The Kier molecular flexibility index (Phi) is 5.61. The lowest BCUT2D eigenvalue weighted by Crippen LogP contribution is -2.17. The van der Waals surface area contributed by atoms with E-state index in [9.17, 15) is 13.2 Å². The lowest BCUT2D eigenvalue weighted by Gasteiger charge is -2.05. The summed E-state index contributed by atoms with van der Waals surface area (Å²) in [4.78, 5) is 12.1. The highest BCUT2D eigenvalue weighted by molar-refractivity contribution is 9.10.